The van der Waals surface area contributed by atoms with E-state index in [0.29, 0.717) is 12.0 Å². The average molecular weight is 393 g/mol. The van der Waals surface area contributed by atoms with Crippen LogP contribution in [0, 0.1) is 0 Å². The molecule has 1 fully saturated rings. The summed E-state index contributed by atoms with van der Waals surface area (Å²) in [5, 5.41) is 5.76. The number of hydrogen-bond acceptors (Lipinski definition) is 3. The van der Waals surface area contributed by atoms with Gasteiger partial charge in [-0.15, -0.1) is 0 Å². The SMILES string of the molecule is CCC(CC)NC(=O)CN1C(=O)N[C@@](Cc2ccccc2)(c2ccccc2)C1=O. The van der Waals surface area contributed by atoms with Gasteiger partial charge >= 0.3 is 6.03 Å². The van der Waals surface area contributed by atoms with Crippen LogP contribution >= 0.6 is 0 Å². The smallest absolute Gasteiger partial charge is 0.325 e. The fraction of sp³-hybridized carbons (Fsp3) is 0.348. The summed E-state index contributed by atoms with van der Waals surface area (Å²) in [5.74, 6) is -0.733. The first kappa shape index (κ1) is 20.6. The van der Waals surface area contributed by atoms with E-state index in [9.17, 15) is 14.4 Å². The molecule has 0 spiro atoms. The third kappa shape index (κ3) is 4.31. The van der Waals surface area contributed by atoms with Gasteiger partial charge in [0.05, 0.1) is 0 Å². The van der Waals surface area contributed by atoms with Crippen molar-refractivity contribution in [3.8, 4) is 0 Å². The average Bonchev–Trinajstić information content (AvgIpc) is 2.98. The molecule has 2 N–H and O–H groups in total. The summed E-state index contributed by atoms with van der Waals surface area (Å²) < 4.78 is 0. The first-order valence-corrected chi connectivity index (χ1v) is 10.0. The Morgan fingerprint density at radius 2 is 1.59 bits per heavy atom. The molecule has 29 heavy (non-hydrogen) atoms. The summed E-state index contributed by atoms with van der Waals surface area (Å²) in [5.41, 5.74) is 0.396. The van der Waals surface area contributed by atoms with Crippen molar-refractivity contribution in [1.29, 1.82) is 0 Å². The largest absolute Gasteiger partial charge is 0.352 e. The maximum Gasteiger partial charge on any atom is 0.325 e. The van der Waals surface area contributed by atoms with E-state index in [0.717, 1.165) is 23.3 Å². The van der Waals surface area contributed by atoms with Crippen molar-refractivity contribution in [2.45, 2.75) is 44.7 Å². The molecule has 6 heteroatoms. The Bertz CT molecular complexity index is 865. The summed E-state index contributed by atoms with van der Waals surface area (Å²) >= 11 is 0. The number of nitrogens with one attached hydrogen (secondary N) is 2. The Labute approximate surface area is 171 Å². The molecule has 0 aliphatic carbocycles. The van der Waals surface area contributed by atoms with Gasteiger partial charge in [0, 0.05) is 12.5 Å². The van der Waals surface area contributed by atoms with Gasteiger partial charge in [0.25, 0.3) is 5.91 Å². The lowest BCUT2D eigenvalue weighted by molar-refractivity contribution is -0.135. The van der Waals surface area contributed by atoms with Crippen molar-refractivity contribution in [3.63, 3.8) is 0 Å². The van der Waals surface area contributed by atoms with E-state index in [1.165, 1.54) is 0 Å². The van der Waals surface area contributed by atoms with Crippen LogP contribution in [0.5, 0.6) is 0 Å². The van der Waals surface area contributed by atoms with Gasteiger partial charge < -0.3 is 10.6 Å². The molecule has 3 rings (SSSR count). The molecule has 6 nitrogen and oxygen atoms in total. The van der Waals surface area contributed by atoms with E-state index in [4.69, 9.17) is 0 Å². The van der Waals surface area contributed by atoms with Crippen LogP contribution in [0.4, 0.5) is 4.79 Å². The van der Waals surface area contributed by atoms with Crippen LogP contribution in [-0.4, -0.2) is 35.3 Å². The van der Waals surface area contributed by atoms with E-state index in [1.54, 1.807) is 0 Å². The topological polar surface area (TPSA) is 78.5 Å². The Kier molecular flexibility index (Phi) is 6.32. The first-order chi connectivity index (χ1) is 14.0. The van der Waals surface area contributed by atoms with Crippen molar-refractivity contribution in [2.75, 3.05) is 6.54 Å². The highest BCUT2D eigenvalue weighted by Crippen LogP contribution is 2.32. The van der Waals surface area contributed by atoms with E-state index in [-0.39, 0.29) is 18.5 Å². The fourth-order valence-corrected chi connectivity index (χ4v) is 3.72. The Morgan fingerprint density at radius 3 is 2.17 bits per heavy atom. The van der Waals surface area contributed by atoms with Crippen LogP contribution in [0.25, 0.3) is 0 Å². The minimum absolute atomic E-state index is 0.0338. The zero-order chi connectivity index (χ0) is 20.9. The fourth-order valence-electron chi connectivity index (χ4n) is 3.72. The maximum atomic E-state index is 13.5. The summed E-state index contributed by atoms with van der Waals surface area (Å²) in [6, 6.07) is 18.2. The Hall–Kier alpha value is -3.15. The van der Waals surface area contributed by atoms with Crippen LogP contribution in [0.3, 0.4) is 0 Å². The molecule has 2 aromatic rings. The van der Waals surface area contributed by atoms with Crippen LogP contribution in [-0.2, 0) is 21.5 Å². The minimum Gasteiger partial charge on any atom is -0.352 e. The maximum absolute atomic E-state index is 13.5. The molecule has 1 atom stereocenters. The lowest BCUT2D eigenvalue weighted by Crippen LogP contribution is -2.47. The molecule has 2 aromatic carbocycles. The van der Waals surface area contributed by atoms with Crippen LogP contribution in [0.15, 0.2) is 60.7 Å². The molecule has 1 aliphatic rings. The number of nitrogens with zero attached hydrogens (tertiary/aromatic N) is 1. The van der Waals surface area contributed by atoms with Crippen LogP contribution in [0.2, 0.25) is 0 Å². The van der Waals surface area contributed by atoms with Gasteiger partial charge in [0.2, 0.25) is 5.91 Å². The number of imide groups is 1. The standard InChI is InChI=1S/C23H27N3O3/c1-3-19(4-2)24-20(27)16-26-21(28)23(25-22(26)29,18-13-9-6-10-14-18)15-17-11-7-5-8-12-17/h5-14,19H,3-4,15-16H2,1-2H3,(H,24,27)(H,25,29)/t23-/m0/s1. The van der Waals surface area contributed by atoms with Crippen molar-refractivity contribution in [3.05, 3.63) is 71.8 Å². The third-order valence-electron chi connectivity index (χ3n) is 5.41. The Morgan fingerprint density at radius 1 is 1.00 bits per heavy atom. The summed E-state index contributed by atoms with van der Waals surface area (Å²) in [7, 11) is 0. The molecule has 0 radical (unpaired) electrons. The van der Waals surface area contributed by atoms with Crippen molar-refractivity contribution in [2.24, 2.45) is 0 Å². The number of urea groups is 1. The van der Waals surface area contributed by atoms with Gasteiger partial charge in [0.1, 0.15) is 6.54 Å². The molecule has 1 aliphatic heterocycles. The molecule has 4 amide bonds. The lowest BCUT2D eigenvalue weighted by atomic mass is 9.83. The number of carbonyl (C=O) groups excluding carboxylic acids is 3. The summed E-state index contributed by atoms with van der Waals surface area (Å²) in [6.45, 7) is 3.69. The predicted molar refractivity (Wildman–Crippen MR) is 111 cm³/mol. The second-order valence-corrected chi connectivity index (χ2v) is 7.34. The highest BCUT2D eigenvalue weighted by atomic mass is 16.2. The summed E-state index contributed by atoms with van der Waals surface area (Å²) in [4.78, 5) is 39.7. The van der Waals surface area contributed by atoms with Gasteiger partial charge in [-0.05, 0) is 24.0 Å². The van der Waals surface area contributed by atoms with Gasteiger partial charge in [-0.25, -0.2) is 4.79 Å². The Balaban J connectivity index is 1.89. The van der Waals surface area contributed by atoms with Crippen LogP contribution in [0.1, 0.15) is 37.8 Å². The molecular formula is C23H27N3O3. The van der Waals surface area contributed by atoms with E-state index in [1.807, 2.05) is 74.5 Å². The predicted octanol–water partition coefficient (Wildman–Crippen LogP) is 2.98. The second kappa shape index (κ2) is 8.90. The van der Waals surface area contributed by atoms with E-state index in [2.05, 4.69) is 10.6 Å². The quantitative estimate of drug-likeness (QED) is 0.677. The highest BCUT2D eigenvalue weighted by Gasteiger charge is 2.52. The number of carbonyl (C=O) groups is 3. The number of amides is 4. The highest BCUT2D eigenvalue weighted by molar-refractivity contribution is 6.09. The van der Waals surface area contributed by atoms with Crippen molar-refractivity contribution < 1.29 is 14.4 Å². The molecule has 152 valence electrons. The number of hydrogen-bond donors (Lipinski definition) is 2. The third-order valence-corrected chi connectivity index (χ3v) is 5.41. The minimum atomic E-state index is -1.23. The van der Waals surface area contributed by atoms with Crippen molar-refractivity contribution in [1.82, 2.24) is 15.5 Å². The molecule has 1 saturated heterocycles. The normalized spacial score (nSPS) is 18.8. The lowest BCUT2D eigenvalue weighted by Gasteiger charge is -2.27. The monoisotopic (exact) mass is 393 g/mol. The van der Waals surface area contributed by atoms with Gasteiger partial charge in [-0.3, -0.25) is 14.5 Å². The van der Waals surface area contributed by atoms with Gasteiger partial charge in [0.15, 0.2) is 5.54 Å². The molecular weight excluding hydrogens is 366 g/mol. The number of benzene rings is 2. The molecule has 1 heterocycles. The van der Waals surface area contributed by atoms with Crippen LogP contribution < -0.4 is 10.6 Å². The molecule has 0 aromatic heterocycles. The van der Waals surface area contributed by atoms with E-state index >= 15 is 0 Å². The molecule has 0 saturated carbocycles. The summed E-state index contributed by atoms with van der Waals surface area (Å²) in [6.07, 6.45) is 1.90. The van der Waals surface area contributed by atoms with Gasteiger partial charge in [-0.1, -0.05) is 74.5 Å². The molecule has 0 unspecified atom stereocenters. The van der Waals surface area contributed by atoms with E-state index < -0.39 is 17.5 Å². The first-order valence-electron chi connectivity index (χ1n) is 10.0. The van der Waals surface area contributed by atoms with Crippen molar-refractivity contribution >= 4 is 17.8 Å². The molecule has 0 bridgehead atoms. The van der Waals surface area contributed by atoms with Gasteiger partial charge in [-0.2, -0.15) is 0 Å². The second-order valence-electron chi connectivity index (χ2n) is 7.34. The zero-order valence-corrected chi connectivity index (χ0v) is 16.9. The zero-order valence-electron chi connectivity index (χ0n) is 16.9. The number of rotatable bonds is 8.